The molecule has 0 aliphatic carbocycles. The SMILES string of the molecule is O=C1NC(=Nc2ccc(Cl)cc2)SC1=Cc1ccc(OCc2cccc(Cl)c2)c(Cl)c1. The first kappa shape index (κ1) is 21.8. The Hall–Kier alpha value is -2.44. The zero-order valence-corrected chi connectivity index (χ0v) is 19.0. The smallest absolute Gasteiger partial charge is 0.264 e. The number of amidine groups is 1. The van der Waals surface area contributed by atoms with Crippen molar-refractivity contribution in [2.75, 3.05) is 0 Å². The quantitative estimate of drug-likeness (QED) is 0.388. The lowest BCUT2D eigenvalue weighted by Crippen LogP contribution is -2.19. The molecular formula is C23H15Cl3N2O2S. The van der Waals surface area contributed by atoms with Gasteiger partial charge in [0.15, 0.2) is 5.17 Å². The van der Waals surface area contributed by atoms with Crippen molar-refractivity contribution in [3.05, 3.63) is 97.8 Å². The average molecular weight is 490 g/mol. The summed E-state index contributed by atoms with van der Waals surface area (Å²) in [5.74, 6) is 0.340. The number of ether oxygens (including phenoxy) is 1. The van der Waals surface area contributed by atoms with Crippen LogP contribution in [0.4, 0.5) is 5.69 Å². The topological polar surface area (TPSA) is 50.7 Å². The lowest BCUT2D eigenvalue weighted by atomic mass is 10.2. The van der Waals surface area contributed by atoms with Crippen LogP contribution in [0.15, 0.2) is 76.6 Å². The molecule has 1 aliphatic rings. The number of hydrogen-bond acceptors (Lipinski definition) is 4. The molecule has 1 fully saturated rings. The van der Waals surface area contributed by atoms with E-state index in [0.29, 0.717) is 43.2 Å². The first-order valence-corrected chi connectivity index (χ1v) is 11.1. The Balaban J connectivity index is 1.45. The van der Waals surface area contributed by atoms with Crippen molar-refractivity contribution < 1.29 is 9.53 Å². The molecule has 8 heteroatoms. The number of nitrogens with one attached hydrogen (secondary N) is 1. The number of rotatable bonds is 5. The summed E-state index contributed by atoms with van der Waals surface area (Å²) in [6.45, 7) is 0.351. The summed E-state index contributed by atoms with van der Waals surface area (Å²) in [5.41, 5.74) is 2.43. The predicted octanol–water partition coefficient (Wildman–Crippen LogP) is 7.12. The number of nitrogens with zero attached hydrogens (tertiary/aromatic N) is 1. The Morgan fingerprint density at radius 1 is 0.968 bits per heavy atom. The molecule has 0 unspecified atom stereocenters. The molecule has 1 amide bonds. The number of halogens is 3. The number of carbonyl (C=O) groups excluding carboxylic acids is 1. The predicted molar refractivity (Wildman–Crippen MR) is 129 cm³/mol. The van der Waals surface area contributed by atoms with Crippen LogP contribution in [-0.2, 0) is 11.4 Å². The largest absolute Gasteiger partial charge is 0.487 e. The van der Waals surface area contributed by atoms with Gasteiger partial charge in [-0.05, 0) is 77.5 Å². The lowest BCUT2D eigenvalue weighted by molar-refractivity contribution is -0.115. The minimum Gasteiger partial charge on any atom is -0.487 e. The van der Waals surface area contributed by atoms with E-state index in [1.165, 1.54) is 11.8 Å². The Kier molecular flexibility index (Phi) is 6.88. The minimum absolute atomic E-state index is 0.213. The molecule has 3 aromatic carbocycles. The molecule has 0 atom stereocenters. The van der Waals surface area contributed by atoms with Gasteiger partial charge in [-0.2, -0.15) is 0 Å². The van der Waals surface area contributed by atoms with E-state index >= 15 is 0 Å². The third-order valence-corrected chi connectivity index (χ3v) is 5.94. The summed E-state index contributed by atoms with van der Waals surface area (Å²) < 4.78 is 5.79. The normalized spacial score (nSPS) is 16.0. The maximum absolute atomic E-state index is 12.3. The van der Waals surface area contributed by atoms with Gasteiger partial charge in [-0.3, -0.25) is 4.79 Å². The van der Waals surface area contributed by atoms with Gasteiger partial charge < -0.3 is 10.1 Å². The lowest BCUT2D eigenvalue weighted by Gasteiger charge is -2.09. The van der Waals surface area contributed by atoms with Gasteiger partial charge in [-0.1, -0.05) is 53.0 Å². The minimum atomic E-state index is -0.213. The Morgan fingerprint density at radius 3 is 2.52 bits per heavy atom. The average Bonchev–Trinajstić information content (AvgIpc) is 3.08. The third-order valence-electron chi connectivity index (χ3n) is 4.25. The first-order valence-electron chi connectivity index (χ1n) is 9.18. The first-order chi connectivity index (χ1) is 15.0. The van der Waals surface area contributed by atoms with Crippen molar-refractivity contribution in [3.63, 3.8) is 0 Å². The molecule has 0 aromatic heterocycles. The van der Waals surface area contributed by atoms with E-state index in [1.807, 2.05) is 30.3 Å². The van der Waals surface area contributed by atoms with Crippen LogP contribution >= 0.6 is 46.6 Å². The van der Waals surface area contributed by atoms with Crippen LogP contribution in [0.5, 0.6) is 5.75 Å². The molecule has 1 heterocycles. The van der Waals surface area contributed by atoms with Crippen molar-refractivity contribution in [1.29, 1.82) is 0 Å². The molecule has 0 radical (unpaired) electrons. The maximum atomic E-state index is 12.3. The molecule has 3 aromatic rings. The molecule has 0 spiro atoms. The molecule has 0 bridgehead atoms. The summed E-state index contributed by atoms with van der Waals surface area (Å²) in [6.07, 6.45) is 1.76. The second-order valence-corrected chi connectivity index (χ2v) is 8.88. The van der Waals surface area contributed by atoms with Crippen LogP contribution < -0.4 is 10.1 Å². The van der Waals surface area contributed by atoms with E-state index in [0.717, 1.165) is 11.1 Å². The van der Waals surface area contributed by atoms with Gasteiger partial charge in [0.25, 0.3) is 5.91 Å². The van der Waals surface area contributed by atoms with Crippen molar-refractivity contribution in [2.45, 2.75) is 6.61 Å². The van der Waals surface area contributed by atoms with E-state index in [1.54, 1.807) is 42.5 Å². The number of benzene rings is 3. The zero-order chi connectivity index (χ0) is 21.8. The van der Waals surface area contributed by atoms with E-state index in [4.69, 9.17) is 39.5 Å². The molecule has 156 valence electrons. The summed E-state index contributed by atoms with van der Waals surface area (Å²) in [4.78, 5) is 17.3. The van der Waals surface area contributed by atoms with Gasteiger partial charge in [0, 0.05) is 10.0 Å². The van der Waals surface area contributed by atoms with Crippen LogP contribution in [0, 0.1) is 0 Å². The number of aliphatic imine (C=N–C) groups is 1. The highest BCUT2D eigenvalue weighted by atomic mass is 35.5. The number of hydrogen-bond donors (Lipinski definition) is 1. The maximum Gasteiger partial charge on any atom is 0.264 e. The summed E-state index contributed by atoms with van der Waals surface area (Å²) >= 11 is 19.5. The van der Waals surface area contributed by atoms with E-state index in [2.05, 4.69) is 10.3 Å². The second-order valence-electron chi connectivity index (χ2n) is 6.57. The van der Waals surface area contributed by atoms with Crippen molar-refractivity contribution in [1.82, 2.24) is 5.32 Å². The fourth-order valence-corrected chi connectivity index (χ4v) is 4.20. The second kappa shape index (κ2) is 9.79. The van der Waals surface area contributed by atoms with Crippen LogP contribution in [0.25, 0.3) is 6.08 Å². The summed E-state index contributed by atoms with van der Waals surface area (Å²) in [7, 11) is 0. The fourth-order valence-electron chi connectivity index (χ4n) is 2.78. The third kappa shape index (κ3) is 5.83. The van der Waals surface area contributed by atoms with Crippen LogP contribution in [0.3, 0.4) is 0 Å². The zero-order valence-electron chi connectivity index (χ0n) is 15.9. The van der Waals surface area contributed by atoms with Gasteiger partial charge in [-0.15, -0.1) is 0 Å². The van der Waals surface area contributed by atoms with E-state index in [-0.39, 0.29) is 5.91 Å². The van der Waals surface area contributed by atoms with Gasteiger partial charge in [0.05, 0.1) is 15.6 Å². The van der Waals surface area contributed by atoms with Gasteiger partial charge in [0.2, 0.25) is 0 Å². The standard InChI is InChI=1S/C23H15Cl3N2O2S/c24-16-5-7-18(8-6-16)27-23-28-22(29)21(31-23)12-14-4-9-20(19(26)11-14)30-13-15-2-1-3-17(25)10-15/h1-12H,13H2,(H,27,28,29). The molecule has 0 saturated carbocycles. The van der Waals surface area contributed by atoms with Crippen molar-refractivity contribution in [3.8, 4) is 5.75 Å². The highest BCUT2D eigenvalue weighted by molar-refractivity contribution is 8.18. The molecule has 4 rings (SSSR count). The van der Waals surface area contributed by atoms with Crippen molar-refractivity contribution >= 4 is 69.4 Å². The number of thioether (sulfide) groups is 1. The number of carbonyl (C=O) groups is 1. The monoisotopic (exact) mass is 488 g/mol. The summed E-state index contributed by atoms with van der Waals surface area (Å²) in [6, 6.07) is 19.9. The Bertz CT molecular complexity index is 1190. The molecule has 4 nitrogen and oxygen atoms in total. The van der Waals surface area contributed by atoms with Gasteiger partial charge in [0.1, 0.15) is 12.4 Å². The van der Waals surface area contributed by atoms with Gasteiger partial charge >= 0.3 is 0 Å². The molecular weight excluding hydrogens is 475 g/mol. The highest BCUT2D eigenvalue weighted by Gasteiger charge is 2.23. The van der Waals surface area contributed by atoms with Crippen LogP contribution in [0.2, 0.25) is 15.1 Å². The number of amides is 1. The van der Waals surface area contributed by atoms with E-state index < -0.39 is 0 Å². The Morgan fingerprint density at radius 2 is 1.77 bits per heavy atom. The fraction of sp³-hybridized carbons (Fsp3) is 0.0435. The molecule has 1 aliphatic heterocycles. The molecule has 1 N–H and O–H groups in total. The Labute approximate surface area is 198 Å². The van der Waals surface area contributed by atoms with Crippen molar-refractivity contribution in [2.24, 2.45) is 4.99 Å². The molecule has 31 heavy (non-hydrogen) atoms. The van der Waals surface area contributed by atoms with E-state index in [9.17, 15) is 4.79 Å². The molecule has 1 saturated heterocycles. The van der Waals surface area contributed by atoms with Crippen LogP contribution in [-0.4, -0.2) is 11.1 Å². The summed E-state index contributed by atoms with van der Waals surface area (Å²) in [5, 5.41) is 5.00. The van der Waals surface area contributed by atoms with Gasteiger partial charge in [-0.25, -0.2) is 4.99 Å². The highest BCUT2D eigenvalue weighted by Crippen LogP contribution is 2.31. The van der Waals surface area contributed by atoms with Crippen LogP contribution in [0.1, 0.15) is 11.1 Å².